The molecule has 0 saturated carbocycles. The Hall–Kier alpha value is -2.82. The largest absolute Gasteiger partial charge is 0.465 e. The molecule has 0 fully saturated rings. The minimum absolute atomic E-state index is 0.496. The first-order valence-corrected chi connectivity index (χ1v) is 5.43. The van der Waals surface area contributed by atoms with E-state index in [2.05, 4.69) is 4.74 Å². The summed E-state index contributed by atoms with van der Waals surface area (Å²) in [7, 11) is 0. The molecule has 5 nitrogen and oxygen atoms in total. The zero-order chi connectivity index (χ0) is 13.5. The van der Waals surface area contributed by atoms with E-state index in [-0.39, 0.29) is 0 Å². The summed E-state index contributed by atoms with van der Waals surface area (Å²) in [4.78, 5) is 22.6. The fraction of sp³-hybridized carbons (Fsp3) is 0. The van der Waals surface area contributed by atoms with Gasteiger partial charge in [0.2, 0.25) is 0 Å². The van der Waals surface area contributed by atoms with Crippen molar-refractivity contribution in [2.24, 2.45) is 0 Å². The molecule has 2 rings (SSSR count). The summed E-state index contributed by atoms with van der Waals surface area (Å²) < 4.78 is 14.5. The molecule has 0 aliphatic carbocycles. The molecule has 0 unspecified atom stereocenters. The summed E-state index contributed by atoms with van der Waals surface area (Å²) in [6.45, 7) is 0. The van der Waals surface area contributed by atoms with Crippen LogP contribution in [-0.2, 0) is 14.3 Å². The van der Waals surface area contributed by atoms with Gasteiger partial charge in [0.05, 0.1) is 12.5 Å². The van der Waals surface area contributed by atoms with Crippen molar-refractivity contribution in [3.8, 4) is 0 Å². The number of ether oxygens (including phenoxy) is 1. The predicted molar refractivity (Wildman–Crippen MR) is 66.6 cm³/mol. The van der Waals surface area contributed by atoms with Crippen LogP contribution in [0.5, 0.6) is 0 Å². The molecule has 0 bridgehead atoms. The van der Waals surface area contributed by atoms with E-state index in [4.69, 9.17) is 8.83 Å². The van der Waals surface area contributed by atoms with E-state index in [1.807, 2.05) is 0 Å². The molecule has 0 radical (unpaired) electrons. The smallest absolute Gasteiger partial charge is 0.338 e. The van der Waals surface area contributed by atoms with Crippen LogP contribution in [-0.4, -0.2) is 11.9 Å². The summed E-state index contributed by atoms with van der Waals surface area (Å²) in [5.74, 6) is -0.554. The van der Waals surface area contributed by atoms with Crippen LogP contribution in [0.3, 0.4) is 0 Å². The molecule has 2 heterocycles. The fourth-order valence-electron chi connectivity index (χ4n) is 1.24. The lowest BCUT2D eigenvalue weighted by molar-refractivity contribution is -0.152. The first kappa shape index (κ1) is 12.6. The van der Waals surface area contributed by atoms with Crippen molar-refractivity contribution in [3.05, 3.63) is 60.5 Å². The lowest BCUT2D eigenvalue weighted by Gasteiger charge is -1.93. The highest BCUT2D eigenvalue weighted by Gasteiger charge is 2.04. The van der Waals surface area contributed by atoms with E-state index in [1.165, 1.54) is 24.7 Å². The third kappa shape index (κ3) is 4.16. The third-order valence-electron chi connectivity index (χ3n) is 2.05. The second kappa shape index (κ2) is 6.20. The topological polar surface area (TPSA) is 69.7 Å². The average Bonchev–Trinajstić information content (AvgIpc) is 3.07. The molecule has 96 valence electrons. The van der Waals surface area contributed by atoms with E-state index in [1.54, 1.807) is 24.3 Å². The van der Waals surface area contributed by atoms with Crippen LogP contribution in [0.1, 0.15) is 11.5 Å². The maximum absolute atomic E-state index is 11.3. The van der Waals surface area contributed by atoms with Crippen molar-refractivity contribution in [3.63, 3.8) is 0 Å². The highest BCUT2D eigenvalue weighted by molar-refractivity contribution is 5.99. The standard InChI is InChI=1S/C14H10O5/c15-13(7-5-11-3-1-9-17-11)19-14(16)8-6-12-4-2-10-18-12/h1-10H. The van der Waals surface area contributed by atoms with Gasteiger partial charge in [0.1, 0.15) is 11.5 Å². The average molecular weight is 258 g/mol. The highest BCUT2D eigenvalue weighted by atomic mass is 16.6. The molecule has 5 heteroatoms. The second-order valence-corrected chi connectivity index (χ2v) is 3.44. The normalized spacial score (nSPS) is 11.2. The van der Waals surface area contributed by atoms with Crippen LogP contribution in [0, 0.1) is 0 Å². The minimum Gasteiger partial charge on any atom is -0.465 e. The SMILES string of the molecule is O=C(C=Cc1ccco1)OC(=O)C=Cc1ccco1. The number of hydrogen-bond donors (Lipinski definition) is 0. The zero-order valence-corrected chi connectivity index (χ0v) is 9.81. The maximum atomic E-state index is 11.3. The van der Waals surface area contributed by atoms with E-state index in [0.29, 0.717) is 11.5 Å². The highest BCUT2D eigenvalue weighted by Crippen LogP contribution is 2.04. The predicted octanol–water partition coefficient (Wildman–Crippen LogP) is 2.67. The molecule has 0 aliphatic heterocycles. The number of esters is 2. The lowest BCUT2D eigenvalue weighted by Crippen LogP contribution is -2.06. The van der Waals surface area contributed by atoms with Crippen molar-refractivity contribution < 1.29 is 23.2 Å². The van der Waals surface area contributed by atoms with Gasteiger partial charge >= 0.3 is 11.9 Å². The van der Waals surface area contributed by atoms with E-state index >= 15 is 0 Å². The van der Waals surface area contributed by atoms with Crippen molar-refractivity contribution in [2.75, 3.05) is 0 Å². The van der Waals surface area contributed by atoms with Crippen LogP contribution < -0.4 is 0 Å². The van der Waals surface area contributed by atoms with Gasteiger partial charge in [-0.2, -0.15) is 0 Å². The molecule has 0 spiro atoms. The van der Waals surface area contributed by atoms with Crippen molar-refractivity contribution in [2.45, 2.75) is 0 Å². The van der Waals surface area contributed by atoms with Crippen LogP contribution >= 0.6 is 0 Å². The fourth-order valence-corrected chi connectivity index (χ4v) is 1.24. The Labute approximate surface area is 108 Å². The Kier molecular flexibility index (Phi) is 4.12. The minimum atomic E-state index is -0.773. The van der Waals surface area contributed by atoms with E-state index < -0.39 is 11.9 Å². The molecule has 0 saturated heterocycles. The number of carbonyl (C=O) groups is 2. The van der Waals surface area contributed by atoms with Crippen molar-refractivity contribution in [1.82, 2.24) is 0 Å². The zero-order valence-electron chi connectivity index (χ0n) is 9.81. The van der Waals surface area contributed by atoms with Gasteiger partial charge in [-0.15, -0.1) is 0 Å². The molecule has 19 heavy (non-hydrogen) atoms. The molecule has 0 aliphatic rings. The van der Waals surface area contributed by atoms with Crippen molar-refractivity contribution >= 4 is 24.1 Å². The number of furan rings is 2. The van der Waals surface area contributed by atoms with Gasteiger partial charge in [-0.05, 0) is 36.4 Å². The third-order valence-corrected chi connectivity index (χ3v) is 2.05. The van der Waals surface area contributed by atoms with Crippen LogP contribution in [0.25, 0.3) is 12.2 Å². The molecule has 0 amide bonds. The van der Waals surface area contributed by atoms with Crippen molar-refractivity contribution in [1.29, 1.82) is 0 Å². The molecule has 0 N–H and O–H groups in total. The number of carbonyl (C=O) groups excluding carboxylic acids is 2. The number of hydrogen-bond acceptors (Lipinski definition) is 5. The quantitative estimate of drug-likeness (QED) is 0.479. The molecule has 0 aromatic carbocycles. The first-order chi connectivity index (χ1) is 9.24. The summed E-state index contributed by atoms with van der Waals surface area (Å²) in [6.07, 6.45) is 7.98. The van der Waals surface area contributed by atoms with Gasteiger partial charge < -0.3 is 13.6 Å². The van der Waals surface area contributed by atoms with Gasteiger partial charge in [-0.1, -0.05) is 0 Å². The Balaban J connectivity index is 1.83. The van der Waals surface area contributed by atoms with Gasteiger partial charge in [-0.3, -0.25) is 0 Å². The van der Waals surface area contributed by atoms with Crippen LogP contribution in [0.2, 0.25) is 0 Å². The monoisotopic (exact) mass is 258 g/mol. The summed E-state index contributed by atoms with van der Waals surface area (Å²) >= 11 is 0. The summed E-state index contributed by atoms with van der Waals surface area (Å²) in [6, 6.07) is 6.70. The first-order valence-electron chi connectivity index (χ1n) is 5.43. The molecule has 2 aromatic heterocycles. The van der Waals surface area contributed by atoms with Crippen LogP contribution in [0.15, 0.2) is 57.8 Å². The van der Waals surface area contributed by atoms with Gasteiger partial charge in [0.15, 0.2) is 0 Å². The maximum Gasteiger partial charge on any atom is 0.338 e. The summed E-state index contributed by atoms with van der Waals surface area (Å²) in [5, 5.41) is 0. The summed E-state index contributed by atoms with van der Waals surface area (Å²) in [5.41, 5.74) is 0. The Morgan fingerprint density at radius 1 is 0.895 bits per heavy atom. The molecular weight excluding hydrogens is 248 g/mol. The Morgan fingerprint density at radius 2 is 1.37 bits per heavy atom. The van der Waals surface area contributed by atoms with E-state index in [0.717, 1.165) is 12.2 Å². The molecular formula is C14H10O5. The molecule has 0 atom stereocenters. The Bertz CT molecular complexity index is 534. The van der Waals surface area contributed by atoms with Gasteiger partial charge in [-0.25, -0.2) is 9.59 Å². The number of rotatable bonds is 4. The van der Waals surface area contributed by atoms with Crippen LogP contribution in [0.4, 0.5) is 0 Å². The Morgan fingerprint density at radius 3 is 1.74 bits per heavy atom. The molecule has 2 aromatic rings. The van der Waals surface area contributed by atoms with Gasteiger partial charge in [0.25, 0.3) is 0 Å². The second-order valence-electron chi connectivity index (χ2n) is 3.44. The van der Waals surface area contributed by atoms with Gasteiger partial charge in [0, 0.05) is 12.2 Å². The lowest BCUT2D eigenvalue weighted by atomic mass is 10.4. The van der Waals surface area contributed by atoms with E-state index in [9.17, 15) is 9.59 Å².